The van der Waals surface area contributed by atoms with Crippen LogP contribution in [0.1, 0.15) is 26.5 Å². The van der Waals surface area contributed by atoms with Gasteiger partial charge in [-0.1, -0.05) is 23.0 Å². The minimum atomic E-state index is -0.982. The lowest BCUT2D eigenvalue weighted by molar-refractivity contribution is 0.0701. The van der Waals surface area contributed by atoms with Gasteiger partial charge < -0.3 is 5.11 Å². The van der Waals surface area contributed by atoms with E-state index in [1.165, 1.54) is 0 Å². The molecule has 1 aromatic carbocycles. The molecule has 0 saturated carbocycles. The average molecular weight is 297 g/mol. The minimum absolute atomic E-state index is 0.220. The number of hydrogen-bond donors (Lipinski definition) is 1. The molecule has 0 amide bonds. The summed E-state index contributed by atoms with van der Waals surface area (Å²) >= 11 is 1.11. The molecule has 6 heteroatoms. The fourth-order valence-corrected chi connectivity index (χ4v) is 3.17. The van der Waals surface area contributed by atoms with Gasteiger partial charge in [0.15, 0.2) is 5.13 Å². The Morgan fingerprint density at radius 3 is 2.81 bits per heavy atom. The van der Waals surface area contributed by atoms with Crippen molar-refractivity contribution in [3.63, 3.8) is 0 Å². The molecule has 0 fully saturated rings. The number of aromatic carboxylic acids is 1. The summed E-state index contributed by atoms with van der Waals surface area (Å²) in [7, 11) is 0. The fraction of sp³-hybridized carbons (Fsp3) is 0.133. The fourth-order valence-electron chi connectivity index (χ4n) is 2.27. The number of hydrogen-bond acceptors (Lipinski definition) is 4. The first-order valence-corrected chi connectivity index (χ1v) is 7.06. The molecule has 5 nitrogen and oxygen atoms in total. The highest BCUT2D eigenvalue weighted by Crippen LogP contribution is 2.29. The Morgan fingerprint density at radius 1 is 1.43 bits per heavy atom. The number of carboxylic acids is 1. The van der Waals surface area contributed by atoms with Gasteiger partial charge >= 0.3 is 5.97 Å². The van der Waals surface area contributed by atoms with Crippen molar-refractivity contribution in [1.29, 1.82) is 5.26 Å². The molecule has 0 saturated heterocycles. The van der Waals surface area contributed by atoms with Crippen molar-refractivity contribution < 1.29 is 9.90 Å². The maximum Gasteiger partial charge on any atom is 0.347 e. The molecule has 0 aliphatic carbocycles. The van der Waals surface area contributed by atoms with Crippen LogP contribution >= 0.6 is 11.3 Å². The van der Waals surface area contributed by atoms with Crippen LogP contribution < -0.4 is 0 Å². The van der Waals surface area contributed by atoms with E-state index in [1.807, 2.05) is 25.1 Å². The van der Waals surface area contributed by atoms with Crippen LogP contribution in [0.2, 0.25) is 0 Å². The van der Waals surface area contributed by atoms with E-state index in [2.05, 4.69) is 11.1 Å². The van der Waals surface area contributed by atoms with Crippen molar-refractivity contribution in [1.82, 2.24) is 9.55 Å². The molecule has 3 rings (SSSR count). The third kappa shape index (κ3) is 2.08. The number of thiazole rings is 1. The van der Waals surface area contributed by atoms with Crippen molar-refractivity contribution in [2.24, 2.45) is 0 Å². The lowest BCUT2D eigenvalue weighted by Gasteiger charge is -2.00. The summed E-state index contributed by atoms with van der Waals surface area (Å²) in [5.74, 6) is -0.982. The number of benzene rings is 1. The van der Waals surface area contributed by atoms with Gasteiger partial charge in [-0.15, -0.1) is 0 Å². The lowest BCUT2D eigenvalue weighted by Crippen LogP contribution is -1.94. The monoisotopic (exact) mass is 297 g/mol. The van der Waals surface area contributed by atoms with E-state index in [0.717, 1.165) is 27.8 Å². The summed E-state index contributed by atoms with van der Waals surface area (Å²) in [5, 5.41) is 19.8. The van der Waals surface area contributed by atoms with E-state index in [4.69, 9.17) is 5.11 Å². The van der Waals surface area contributed by atoms with E-state index in [-0.39, 0.29) is 4.88 Å². The lowest BCUT2D eigenvalue weighted by atomic mass is 10.1. The largest absolute Gasteiger partial charge is 0.477 e. The zero-order valence-corrected chi connectivity index (χ0v) is 12.2. The SMILES string of the molecule is Cc1ccc2c(c1)c(C#N)cn2-c1nc(C)c(C(=O)O)s1. The number of carboxylic acid groups (broad SMARTS) is 1. The van der Waals surface area contributed by atoms with E-state index in [9.17, 15) is 10.1 Å². The van der Waals surface area contributed by atoms with Crippen LogP contribution in [0.15, 0.2) is 24.4 Å². The first-order chi connectivity index (χ1) is 10.0. The highest BCUT2D eigenvalue weighted by molar-refractivity contribution is 7.16. The summed E-state index contributed by atoms with van der Waals surface area (Å²) < 4.78 is 1.78. The quantitative estimate of drug-likeness (QED) is 0.787. The normalized spacial score (nSPS) is 10.7. The predicted molar refractivity (Wildman–Crippen MR) is 80.1 cm³/mol. The van der Waals surface area contributed by atoms with Gasteiger partial charge in [-0.05, 0) is 26.0 Å². The van der Waals surface area contributed by atoms with Gasteiger partial charge in [0.1, 0.15) is 10.9 Å². The molecule has 0 atom stereocenters. The number of aromatic nitrogens is 2. The molecule has 2 heterocycles. The van der Waals surface area contributed by atoms with E-state index < -0.39 is 5.97 Å². The molecule has 0 unspecified atom stereocenters. The molecule has 3 aromatic rings. The first-order valence-electron chi connectivity index (χ1n) is 6.24. The van der Waals surface area contributed by atoms with Gasteiger partial charge in [-0.2, -0.15) is 5.26 Å². The standard InChI is InChI=1S/C15H11N3O2S/c1-8-3-4-12-11(5-8)10(6-16)7-18(12)15-17-9(2)13(21-15)14(19)20/h3-5,7H,1-2H3,(H,19,20). The number of rotatable bonds is 2. The third-order valence-corrected chi connectivity index (χ3v) is 4.41. The molecule has 2 aromatic heterocycles. The summed E-state index contributed by atoms with van der Waals surface area (Å²) in [6, 6.07) is 7.99. The van der Waals surface area contributed by atoms with Crippen LogP contribution in [0.3, 0.4) is 0 Å². The Morgan fingerprint density at radius 2 is 2.19 bits per heavy atom. The average Bonchev–Trinajstić information content (AvgIpc) is 2.98. The number of carbonyl (C=O) groups is 1. The maximum atomic E-state index is 11.1. The molecule has 0 aliphatic rings. The molecule has 104 valence electrons. The third-order valence-electron chi connectivity index (χ3n) is 3.27. The molecule has 0 bridgehead atoms. The number of aryl methyl sites for hydroxylation is 2. The predicted octanol–water partition coefficient (Wildman–Crippen LogP) is 3.27. The Balaban J connectivity index is 2.28. The van der Waals surface area contributed by atoms with Crippen LogP contribution in [0.5, 0.6) is 0 Å². The summed E-state index contributed by atoms with van der Waals surface area (Å²) in [6.45, 7) is 3.64. The van der Waals surface area contributed by atoms with Gasteiger partial charge in [0.25, 0.3) is 0 Å². The van der Waals surface area contributed by atoms with E-state index in [0.29, 0.717) is 16.4 Å². The zero-order valence-electron chi connectivity index (χ0n) is 11.4. The van der Waals surface area contributed by atoms with Crippen LogP contribution in [0.4, 0.5) is 0 Å². The smallest absolute Gasteiger partial charge is 0.347 e. The number of nitriles is 1. The second-order valence-corrected chi connectivity index (χ2v) is 5.74. The van der Waals surface area contributed by atoms with Crippen LogP contribution in [0, 0.1) is 25.2 Å². The molecule has 21 heavy (non-hydrogen) atoms. The van der Waals surface area contributed by atoms with Crippen molar-refractivity contribution in [2.45, 2.75) is 13.8 Å². The Labute approximate surface area is 124 Å². The van der Waals surface area contributed by atoms with Gasteiger partial charge in [0.05, 0.1) is 16.8 Å². The van der Waals surface area contributed by atoms with Crippen molar-refractivity contribution in [3.05, 3.63) is 46.1 Å². The van der Waals surface area contributed by atoms with Gasteiger partial charge in [0.2, 0.25) is 0 Å². The summed E-state index contributed by atoms with van der Waals surface area (Å²) in [4.78, 5) is 15.7. The Kier molecular flexibility index (Phi) is 3.00. The number of fused-ring (bicyclic) bond motifs is 1. The molecule has 0 spiro atoms. The van der Waals surface area contributed by atoms with Gasteiger partial charge in [-0.3, -0.25) is 4.57 Å². The van der Waals surface area contributed by atoms with Gasteiger partial charge in [-0.25, -0.2) is 9.78 Å². The maximum absolute atomic E-state index is 11.1. The topological polar surface area (TPSA) is 78.9 Å². The molecule has 0 aliphatic heterocycles. The molecule has 0 radical (unpaired) electrons. The second-order valence-electron chi connectivity index (χ2n) is 4.76. The summed E-state index contributed by atoms with van der Waals surface area (Å²) in [5.41, 5.74) is 2.95. The first kappa shape index (κ1) is 13.3. The van der Waals surface area contributed by atoms with Crippen LogP contribution in [-0.4, -0.2) is 20.6 Å². The van der Waals surface area contributed by atoms with E-state index >= 15 is 0 Å². The zero-order chi connectivity index (χ0) is 15.1. The van der Waals surface area contributed by atoms with Gasteiger partial charge in [0, 0.05) is 11.6 Å². The Hall–Kier alpha value is -2.65. The highest BCUT2D eigenvalue weighted by atomic mass is 32.1. The van der Waals surface area contributed by atoms with Crippen LogP contribution in [-0.2, 0) is 0 Å². The minimum Gasteiger partial charge on any atom is -0.477 e. The second kappa shape index (κ2) is 4.72. The highest BCUT2D eigenvalue weighted by Gasteiger charge is 2.17. The van der Waals surface area contributed by atoms with Crippen LogP contribution in [0.25, 0.3) is 16.0 Å². The molecular weight excluding hydrogens is 286 g/mol. The molecule has 1 N–H and O–H groups in total. The Bertz CT molecular complexity index is 915. The van der Waals surface area contributed by atoms with Crippen molar-refractivity contribution in [3.8, 4) is 11.2 Å². The summed E-state index contributed by atoms with van der Waals surface area (Å²) in [6.07, 6.45) is 1.70. The van der Waals surface area contributed by atoms with Crippen molar-refractivity contribution in [2.75, 3.05) is 0 Å². The molecular formula is C15H11N3O2S. The number of nitrogens with zero attached hydrogens (tertiary/aromatic N) is 3. The van der Waals surface area contributed by atoms with Crippen molar-refractivity contribution >= 4 is 28.2 Å². The van der Waals surface area contributed by atoms with E-state index in [1.54, 1.807) is 17.7 Å².